The van der Waals surface area contributed by atoms with Crippen molar-refractivity contribution in [2.45, 2.75) is 38.3 Å². The highest BCUT2D eigenvalue weighted by Gasteiger charge is 2.10. The monoisotopic (exact) mass is 375 g/mol. The third-order valence-electron chi connectivity index (χ3n) is 4.30. The van der Waals surface area contributed by atoms with Crippen LogP contribution in [0, 0.1) is 0 Å². The van der Waals surface area contributed by atoms with Crippen LogP contribution in [0.15, 0.2) is 48.5 Å². The van der Waals surface area contributed by atoms with E-state index in [9.17, 15) is 9.90 Å². The first-order chi connectivity index (χ1) is 12.5. The summed E-state index contributed by atoms with van der Waals surface area (Å²) in [4.78, 5) is 11.2. The molecule has 0 aliphatic heterocycles. The molecule has 0 heterocycles. The van der Waals surface area contributed by atoms with E-state index in [1.54, 1.807) is 12.1 Å². The van der Waals surface area contributed by atoms with Gasteiger partial charge in [0.25, 0.3) is 0 Å². The second-order valence-corrected chi connectivity index (χ2v) is 6.91. The average Bonchev–Trinajstić information content (AvgIpc) is 2.65. The van der Waals surface area contributed by atoms with Crippen molar-refractivity contribution in [2.75, 3.05) is 13.7 Å². The van der Waals surface area contributed by atoms with Gasteiger partial charge in [0.15, 0.2) is 0 Å². The molecule has 0 fully saturated rings. The van der Waals surface area contributed by atoms with Crippen LogP contribution < -0.4 is 5.32 Å². The van der Waals surface area contributed by atoms with Crippen LogP contribution in [-0.4, -0.2) is 30.8 Å². The molecule has 0 saturated heterocycles. The van der Waals surface area contributed by atoms with E-state index in [0.29, 0.717) is 24.4 Å². The molecule has 4 nitrogen and oxygen atoms in total. The standard InChI is InChI=1S/C21H26ClNO3/c1-15(23-14-20(24)18-4-3-5-19(22)13-18)12-17-8-6-16(7-9-17)10-11-21(25)26-2/h3-9,13,15,20,23-24H,10-12,14H2,1-2H3. The molecule has 2 aromatic carbocycles. The van der Waals surface area contributed by atoms with E-state index in [-0.39, 0.29) is 12.0 Å². The fraction of sp³-hybridized carbons (Fsp3) is 0.381. The first-order valence-corrected chi connectivity index (χ1v) is 9.17. The Morgan fingerprint density at radius 1 is 1.19 bits per heavy atom. The molecule has 2 rings (SSSR count). The van der Waals surface area contributed by atoms with Crippen LogP contribution in [0.2, 0.25) is 5.02 Å². The first-order valence-electron chi connectivity index (χ1n) is 8.79. The van der Waals surface area contributed by atoms with E-state index in [4.69, 9.17) is 11.6 Å². The number of rotatable bonds is 9. The number of carbonyl (C=O) groups excluding carboxylic acids is 1. The fourth-order valence-electron chi connectivity index (χ4n) is 2.76. The van der Waals surface area contributed by atoms with Crippen molar-refractivity contribution in [3.05, 3.63) is 70.2 Å². The van der Waals surface area contributed by atoms with Gasteiger partial charge in [-0.2, -0.15) is 0 Å². The molecule has 5 heteroatoms. The van der Waals surface area contributed by atoms with Crippen LogP contribution >= 0.6 is 11.6 Å². The second kappa shape index (κ2) is 10.3. The van der Waals surface area contributed by atoms with E-state index in [1.165, 1.54) is 12.7 Å². The maximum atomic E-state index is 11.2. The van der Waals surface area contributed by atoms with E-state index in [1.807, 2.05) is 24.3 Å². The van der Waals surface area contributed by atoms with Crippen LogP contribution in [0.5, 0.6) is 0 Å². The van der Waals surface area contributed by atoms with Crippen LogP contribution in [0.3, 0.4) is 0 Å². The van der Waals surface area contributed by atoms with Gasteiger partial charge in [0, 0.05) is 24.0 Å². The number of hydrogen-bond acceptors (Lipinski definition) is 4. The summed E-state index contributed by atoms with van der Waals surface area (Å²) in [7, 11) is 1.41. The molecule has 2 atom stereocenters. The van der Waals surface area contributed by atoms with Gasteiger partial charge < -0.3 is 15.2 Å². The van der Waals surface area contributed by atoms with Gasteiger partial charge in [-0.25, -0.2) is 0 Å². The van der Waals surface area contributed by atoms with Gasteiger partial charge in [0.1, 0.15) is 0 Å². The van der Waals surface area contributed by atoms with Crippen molar-refractivity contribution in [2.24, 2.45) is 0 Å². The van der Waals surface area contributed by atoms with Gasteiger partial charge >= 0.3 is 5.97 Å². The Kier molecular flexibility index (Phi) is 8.10. The molecule has 0 spiro atoms. The van der Waals surface area contributed by atoms with E-state index in [0.717, 1.165) is 17.5 Å². The molecule has 0 bridgehead atoms. The summed E-state index contributed by atoms with van der Waals surface area (Å²) >= 11 is 5.96. The number of aliphatic hydroxyl groups excluding tert-OH is 1. The number of ether oxygens (including phenoxy) is 1. The Balaban J connectivity index is 1.78. The topological polar surface area (TPSA) is 58.6 Å². The van der Waals surface area contributed by atoms with Crippen LogP contribution in [-0.2, 0) is 22.4 Å². The Morgan fingerprint density at radius 2 is 1.88 bits per heavy atom. The van der Waals surface area contributed by atoms with Gasteiger partial charge in [0.05, 0.1) is 13.2 Å². The molecule has 2 N–H and O–H groups in total. The van der Waals surface area contributed by atoms with Crippen LogP contribution in [0.25, 0.3) is 0 Å². The molecule has 0 aliphatic rings. The summed E-state index contributed by atoms with van der Waals surface area (Å²) in [5.41, 5.74) is 3.15. The molecule has 26 heavy (non-hydrogen) atoms. The number of esters is 1. The molecule has 140 valence electrons. The molecule has 0 saturated carbocycles. The number of nitrogens with one attached hydrogen (secondary N) is 1. The highest BCUT2D eigenvalue weighted by Crippen LogP contribution is 2.17. The van der Waals surface area contributed by atoms with E-state index < -0.39 is 6.10 Å². The Hall–Kier alpha value is -1.88. The Labute approximate surface area is 160 Å². The van der Waals surface area contributed by atoms with Gasteiger partial charge in [0.2, 0.25) is 0 Å². The van der Waals surface area contributed by atoms with Gasteiger partial charge in [-0.15, -0.1) is 0 Å². The number of benzene rings is 2. The zero-order valence-corrected chi connectivity index (χ0v) is 16.0. The minimum atomic E-state index is -0.586. The van der Waals surface area contributed by atoms with Crippen molar-refractivity contribution in [3.63, 3.8) is 0 Å². The van der Waals surface area contributed by atoms with Crippen molar-refractivity contribution in [1.82, 2.24) is 5.32 Å². The normalized spacial score (nSPS) is 13.2. The van der Waals surface area contributed by atoms with Gasteiger partial charge in [-0.1, -0.05) is 48.0 Å². The van der Waals surface area contributed by atoms with Crippen molar-refractivity contribution in [3.8, 4) is 0 Å². The lowest BCUT2D eigenvalue weighted by Crippen LogP contribution is -2.32. The quantitative estimate of drug-likeness (QED) is 0.656. The maximum Gasteiger partial charge on any atom is 0.305 e. The Morgan fingerprint density at radius 3 is 2.54 bits per heavy atom. The summed E-state index contributed by atoms with van der Waals surface area (Å²) in [6.07, 6.45) is 1.36. The minimum Gasteiger partial charge on any atom is -0.469 e. The summed E-state index contributed by atoms with van der Waals surface area (Å²) in [5, 5.41) is 14.2. The molecular formula is C21H26ClNO3. The molecule has 2 aromatic rings. The molecule has 0 radical (unpaired) electrons. The smallest absolute Gasteiger partial charge is 0.305 e. The lowest BCUT2D eigenvalue weighted by Gasteiger charge is -2.18. The number of aliphatic hydroxyl groups is 1. The summed E-state index contributed by atoms with van der Waals surface area (Å²) < 4.78 is 4.66. The van der Waals surface area contributed by atoms with Gasteiger partial charge in [-0.05, 0) is 48.6 Å². The zero-order valence-electron chi connectivity index (χ0n) is 15.2. The molecular weight excluding hydrogens is 350 g/mol. The summed E-state index contributed by atoms with van der Waals surface area (Å²) in [5.74, 6) is -0.190. The summed E-state index contributed by atoms with van der Waals surface area (Å²) in [6.45, 7) is 2.56. The predicted octanol–water partition coefficient (Wildman–Crippen LogP) is 3.70. The molecule has 0 aromatic heterocycles. The fourth-order valence-corrected chi connectivity index (χ4v) is 2.96. The number of hydrogen-bond donors (Lipinski definition) is 2. The number of halogens is 1. The SMILES string of the molecule is COC(=O)CCc1ccc(CC(C)NCC(O)c2cccc(Cl)c2)cc1. The highest BCUT2D eigenvalue weighted by molar-refractivity contribution is 6.30. The molecule has 0 aliphatic carbocycles. The lowest BCUT2D eigenvalue weighted by atomic mass is 10.0. The van der Waals surface area contributed by atoms with Crippen LogP contribution in [0.4, 0.5) is 0 Å². The average molecular weight is 376 g/mol. The maximum absolute atomic E-state index is 11.2. The summed E-state index contributed by atoms with van der Waals surface area (Å²) in [6, 6.07) is 15.8. The van der Waals surface area contributed by atoms with Gasteiger partial charge in [-0.3, -0.25) is 4.79 Å². The number of carbonyl (C=O) groups is 1. The number of methoxy groups -OCH3 is 1. The second-order valence-electron chi connectivity index (χ2n) is 6.48. The predicted molar refractivity (Wildman–Crippen MR) is 104 cm³/mol. The molecule has 2 unspecified atom stereocenters. The zero-order chi connectivity index (χ0) is 18.9. The van der Waals surface area contributed by atoms with Crippen LogP contribution in [0.1, 0.15) is 36.1 Å². The highest BCUT2D eigenvalue weighted by atomic mass is 35.5. The third-order valence-corrected chi connectivity index (χ3v) is 4.54. The minimum absolute atomic E-state index is 0.190. The van der Waals surface area contributed by atoms with E-state index in [2.05, 4.69) is 29.1 Å². The lowest BCUT2D eigenvalue weighted by molar-refractivity contribution is -0.140. The van der Waals surface area contributed by atoms with Crippen molar-refractivity contribution >= 4 is 17.6 Å². The number of aryl methyl sites for hydroxylation is 1. The van der Waals surface area contributed by atoms with E-state index >= 15 is 0 Å². The van der Waals surface area contributed by atoms with Crippen molar-refractivity contribution in [1.29, 1.82) is 0 Å². The molecule has 0 amide bonds. The van der Waals surface area contributed by atoms with Crippen molar-refractivity contribution < 1.29 is 14.6 Å². The largest absolute Gasteiger partial charge is 0.469 e. The third kappa shape index (κ3) is 6.79. The Bertz CT molecular complexity index is 703. The first kappa shape index (κ1) is 20.4.